The zero-order chi connectivity index (χ0) is 37.2. The molecule has 0 radical (unpaired) electrons. The molecule has 4 aliphatic carbocycles. The Labute approximate surface area is 332 Å². The van der Waals surface area contributed by atoms with E-state index in [1.54, 1.807) is 0 Å². The molecule has 2 unspecified atom stereocenters. The Morgan fingerprint density at radius 1 is 0.439 bits per heavy atom. The van der Waals surface area contributed by atoms with E-state index in [9.17, 15) is 0 Å². The van der Waals surface area contributed by atoms with Crippen molar-refractivity contribution >= 4 is 33.2 Å². The van der Waals surface area contributed by atoms with Crippen molar-refractivity contribution in [1.82, 2.24) is 0 Å². The highest BCUT2D eigenvalue weighted by atomic mass is 14.5. The lowest BCUT2D eigenvalue weighted by molar-refractivity contribution is 0.774. The molecule has 0 saturated carbocycles. The van der Waals surface area contributed by atoms with E-state index in [1.165, 1.54) is 116 Å². The van der Waals surface area contributed by atoms with E-state index in [0.29, 0.717) is 0 Å². The fourth-order valence-electron chi connectivity index (χ4n) is 11.2. The Hall–Kier alpha value is -7.02. The van der Waals surface area contributed by atoms with Gasteiger partial charge in [0.2, 0.25) is 0 Å². The normalized spacial score (nSPS) is 17.7. The van der Waals surface area contributed by atoms with Crippen molar-refractivity contribution in [3.05, 3.63) is 239 Å². The standard InChI is InChI=1S/C57H36/c1-2-10-35(11-3-1)36-20-22-37(23-21-36)42-29-24-39-27-33-49-43(30-25-40-26-32-48(42)55(39)56(40)49)41-28-31-46-44-14-4-6-17-50(44)57(53(46)34-41)51-18-7-5-15-45(51)47-16-8-12-38-13-9-19-52(57)54(38)47/h1-25,27-34,42H,26H2. The number of allylic oxidation sites excluding steroid dienone is 3. The Balaban J connectivity index is 1.00. The molecule has 2 atom stereocenters. The van der Waals surface area contributed by atoms with Crippen molar-refractivity contribution in [2.75, 3.05) is 0 Å². The van der Waals surface area contributed by atoms with E-state index in [2.05, 4.69) is 200 Å². The Morgan fingerprint density at radius 2 is 1.09 bits per heavy atom. The van der Waals surface area contributed by atoms with Gasteiger partial charge in [0.15, 0.2) is 0 Å². The van der Waals surface area contributed by atoms with E-state index < -0.39 is 5.41 Å². The second-order valence-corrected chi connectivity index (χ2v) is 16.2. The van der Waals surface area contributed by atoms with Crippen LogP contribution in [0.3, 0.4) is 0 Å². The maximum Gasteiger partial charge on any atom is 0.0725 e. The fourth-order valence-corrected chi connectivity index (χ4v) is 11.2. The van der Waals surface area contributed by atoms with Crippen LogP contribution in [0.25, 0.3) is 77.7 Å². The van der Waals surface area contributed by atoms with Crippen LogP contribution in [-0.4, -0.2) is 0 Å². The topological polar surface area (TPSA) is 0 Å². The molecule has 13 rings (SSSR count). The molecule has 264 valence electrons. The second kappa shape index (κ2) is 11.5. The van der Waals surface area contributed by atoms with Crippen LogP contribution in [0.5, 0.6) is 0 Å². The summed E-state index contributed by atoms with van der Waals surface area (Å²) in [4.78, 5) is 0. The van der Waals surface area contributed by atoms with Gasteiger partial charge in [0.1, 0.15) is 0 Å². The van der Waals surface area contributed by atoms with Crippen molar-refractivity contribution in [3.8, 4) is 44.5 Å². The van der Waals surface area contributed by atoms with E-state index in [0.717, 1.165) is 6.42 Å². The first-order valence-corrected chi connectivity index (χ1v) is 20.3. The molecule has 0 aliphatic heterocycles. The molecule has 0 amide bonds. The quantitative estimate of drug-likeness (QED) is 0.170. The minimum atomic E-state index is -0.434. The molecule has 4 aliphatic rings. The van der Waals surface area contributed by atoms with E-state index in [1.807, 2.05) is 0 Å². The van der Waals surface area contributed by atoms with Crippen molar-refractivity contribution in [1.29, 1.82) is 0 Å². The predicted molar refractivity (Wildman–Crippen MR) is 239 cm³/mol. The number of fused-ring (bicyclic) bond motifs is 9. The van der Waals surface area contributed by atoms with Gasteiger partial charge in [-0.25, -0.2) is 0 Å². The Bertz CT molecular complexity index is 3240. The average molecular weight is 721 g/mol. The van der Waals surface area contributed by atoms with Gasteiger partial charge in [-0.2, -0.15) is 0 Å². The summed E-state index contributed by atoms with van der Waals surface area (Å²) >= 11 is 0. The number of hydrogen-bond donors (Lipinski definition) is 0. The minimum absolute atomic E-state index is 0.222. The molecule has 0 bridgehead atoms. The third-order valence-corrected chi connectivity index (χ3v) is 13.6. The second-order valence-electron chi connectivity index (χ2n) is 16.2. The van der Waals surface area contributed by atoms with Crippen LogP contribution in [0.1, 0.15) is 50.4 Å². The largest absolute Gasteiger partial charge is 0.0753 e. The smallest absolute Gasteiger partial charge is 0.0725 e. The summed E-state index contributed by atoms with van der Waals surface area (Å²) in [5, 5.41) is 5.42. The van der Waals surface area contributed by atoms with Gasteiger partial charge in [0.25, 0.3) is 0 Å². The SMILES string of the molecule is C1=CC(c2ccc(-c3ccccc3)cc2)C2=CCc3ccc(-c4ccc5c(c4)C4(c6ccccc6-5)c5ccccc5-c5cccc6cccc4c56)c4ccc1c2c34. The van der Waals surface area contributed by atoms with Crippen LogP contribution in [0.4, 0.5) is 0 Å². The first kappa shape index (κ1) is 31.2. The molecule has 0 heterocycles. The zero-order valence-electron chi connectivity index (χ0n) is 31.3. The number of rotatable bonds is 3. The van der Waals surface area contributed by atoms with Gasteiger partial charge < -0.3 is 0 Å². The van der Waals surface area contributed by atoms with Gasteiger partial charge >= 0.3 is 0 Å². The molecule has 0 aromatic heterocycles. The number of benzene rings is 9. The molecule has 0 heteroatoms. The summed E-state index contributed by atoms with van der Waals surface area (Å²) in [6.45, 7) is 0. The number of hydrogen-bond acceptors (Lipinski definition) is 0. The highest BCUT2D eigenvalue weighted by Crippen LogP contribution is 2.62. The van der Waals surface area contributed by atoms with Crippen molar-refractivity contribution in [2.24, 2.45) is 0 Å². The Morgan fingerprint density at radius 3 is 1.91 bits per heavy atom. The summed E-state index contributed by atoms with van der Waals surface area (Å²) in [6.07, 6.45) is 8.20. The van der Waals surface area contributed by atoms with E-state index >= 15 is 0 Å². The summed E-state index contributed by atoms with van der Waals surface area (Å²) in [5.74, 6) is 0.222. The summed E-state index contributed by atoms with van der Waals surface area (Å²) in [7, 11) is 0. The molecule has 57 heavy (non-hydrogen) atoms. The van der Waals surface area contributed by atoms with Crippen molar-refractivity contribution in [2.45, 2.75) is 17.8 Å². The average Bonchev–Trinajstić information content (AvgIpc) is 3.57. The van der Waals surface area contributed by atoms with Crippen molar-refractivity contribution in [3.63, 3.8) is 0 Å². The molecule has 9 aromatic carbocycles. The molecular weight excluding hydrogens is 685 g/mol. The lowest BCUT2D eigenvalue weighted by atomic mass is 9.61. The molecule has 0 saturated heterocycles. The van der Waals surface area contributed by atoms with Crippen molar-refractivity contribution < 1.29 is 0 Å². The summed E-state index contributed by atoms with van der Waals surface area (Å²) < 4.78 is 0. The molecular formula is C57H36. The highest BCUT2D eigenvalue weighted by Gasteiger charge is 2.50. The summed E-state index contributed by atoms with van der Waals surface area (Å²) in [6, 6.07) is 68.9. The van der Waals surface area contributed by atoms with Crippen LogP contribution >= 0.6 is 0 Å². The molecule has 0 N–H and O–H groups in total. The van der Waals surface area contributed by atoms with Gasteiger partial charge in [-0.05, 0) is 129 Å². The maximum absolute atomic E-state index is 2.55. The fraction of sp³-hybridized carbons (Fsp3) is 0.0526. The van der Waals surface area contributed by atoms with Crippen LogP contribution in [0.2, 0.25) is 0 Å². The molecule has 0 fully saturated rings. The predicted octanol–water partition coefficient (Wildman–Crippen LogP) is 14.4. The third kappa shape index (κ3) is 4.12. The van der Waals surface area contributed by atoms with Gasteiger partial charge in [-0.3, -0.25) is 0 Å². The third-order valence-electron chi connectivity index (χ3n) is 13.6. The van der Waals surface area contributed by atoms with Gasteiger partial charge in [-0.1, -0.05) is 194 Å². The molecule has 1 spiro atoms. The first-order valence-electron chi connectivity index (χ1n) is 20.3. The molecule has 9 aromatic rings. The van der Waals surface area contributed by atoms with Crippen LogP contribution in [-0.2, 0) is 11.8 Å². The van der Waals surface area contributed by atoms with E-state index in [-0.39, 0.29) is 5.92 Å². The highest BCUT2D eigenvalue weighted by molar-refractivity contribution is 6.10. The van der Waals surface area contributed by atoms with Crippen LogP contribution in [0.15, 0.2) is 194 Å². The van der Waals surface area contributed by atoms with Gasteiger partial charge in [0.05, 0.1) is 5.41 Å². The first-order chi connectivity index (χ1) is 28.3. The van der Waals surface area contributed by atoms with Crippen LogP contribution in [0, 0.1) is 0 Å². The van der Waals surface area contributed by atoms with Gasteiger partial charge in [0, 0.05) is 5.92 Å². The monoisotopic (exact) mass is 720 g/mol. The lowest BCUT2D eigenvalue weighted by Crippen LogP contribution is -2.31. The van der Waals surface area contributed by atoms with E-state index in [4.69, 9.17) is 0 Å². The minimum Gasteiger partial charge on any atom is -0.0753 e. The molecule has 0 nitrogen and oxygen atoms in total. The zero-order valence-corrected chi connectivity index (χ0v) is 31.3. The van der Waals surface area contributed by atoms with Gasteiger partial charge in [-0.15, -0.1) is 0 Å². The van der Waals surface area contributed by atoms with Crippen LogP contribution < -0.4 is 0 Å². The lowest BCUT2D eigenvalue weighted by Gasteiger charge is -2.40. The Kier molecular flexibility index (Phi) is 6.30. The maximum atomic E-state index is 2.55. The summed E-state index contributed by atoms with van der Waals surface area (Å²) in [5.41, 5.74) is 22.4.